The Morgan fingerprint density at radius 3 is 1.53 bits per heavy atom. The van der Waals surface area contributed by atoms with E-state index in [2.05, 4.69) is 0 Å². The molecule has 0 aliphatic carbocycles. The van der Waals surface area contributed by atoms with Crippen molar-refractivity contribution in [3.05, 3.63) is 80.4 Å². The van der Waals surface area contributed by atoms with Crippen LogP contribution in [0.3, 0.4) is 0 Å². The number of carboxylic acids is 2. The van der Waals surface area contributed by atoms with Crippen molar-refractivity contribution in [3.8, 4) is 0 Å². The number of amides is 2. The van der Waals surface area contributed by atoms with Crippen LogP contribution in [-0.2, 0) is 16.1 Å². The van der Waals surface area contributed by atoms with E-state index in [1.165, 1.54) is 30.3 Å². The normalized spacial score (nSPS) is 12.4. The van der Waals surface area contributed by atoms with Gasteiger partial charge in [-0.15, -0.1) is 0 Å². The van der Waals surface area contributed by atoms with Gasteiger partial charge in [0.15, 0.2) is 0 Å². The van der Waals surface area contributed by atoms with Crippen LogP contribution in [0.2, 0.25) is 0 Å². The van der Waals surface area contributed by atoms with Crippen LogP contribution in [0.25, 0.3) is 53.9 Å². The highest BCUT2D eigenvalue weighted by Gasteiger charge is 2.29. The number of nitrogens with two attached hydrogens (primary N) is 2. The number of hydrogen-bond donors (Lipinski definition) is 4. The highest BCUT2D eigenvalue weighted by Crippen LogP contribution is 2.45. The largest absolute Gasteiger partial charge is 0.481 e. The number of carbonyl (C=O) groups is 4. The van der Waals surface area contributed by atoms with Gasteiger partial charge in [-0.1, -0.05) is 139 Å². The number of carbonyl (C=O) groups excluding carboxylic acids is 2. The van der Waals surface area contributed by atoms with E-state index in [4.69, 9.17) is 21.7 Å². The number of aliphatic carboxylic acids is 2. The third kappa shape index (κ3) is 9.67. The fourth-order valence-electron chi connectivity index (χ4n) is 9.48. The van der Waals surface area contributed by atoms with Crippen molar-refractivity contribution < 1.29 is 29.4 Å². The first kappa shape index (κ1) is 43.0. The van der Waals surface area contributed by atoms with Gasteiger partial charge in [0.2, 0.25) is 11.8 Å². The second kappa shape index (κ2) is 19.9. The van der Waals surface area contributed by atoms with Crippen LogP contribution >= 0.6 is 0 Å². The van der Waals surface area contributed by atoms with Crippen molar-refractivity contribution in [1.29, 1.82) is 0 Å². The van der Waals surface area contributed by atoms with Crippen molar-refractivity contribution in [1.82, 2.24) is 4.57 Å². The lowest BCUT2D eigenvalue weighted by Gasteiger charge is -2.18. The Hall–Kier alpha value is -5.58. The number of unbranched alkanes of at least 4 members (excludes halogenated alkanes) is 12. The highest BCUT2D eigenvalue weighted by atomic mass is 16.4. The van der Waals surface area contributed by atoms with Crippen LogP contribution in [0.5, 0.6) is 0 Å². The lowest BCUT2D eigenvalue weighted by molar-refractivity contribution is -0.138. The van der Waals surface area contributed by atoms with Gasteiger partial charge in [-0.05, 0) is 63.6 Å². The van der Waals surface area contributed by atoms with E-state index in [0.717, 1.165) is 104 Å². The Morgan fingerprint density at radius 1 is 0.492 bits per heavy atom. The zero-order valence-electron chi connectivity index (χ0n) is 34.0. The molecule has 0 aliphatic rings. The lowest BCUT2D eigenvalue weighted by Crippen LogP contribution is -2.26. The topological polar surface area (TPSA) is 200 Å². The van der Waals surface area contributed by atoms with E-state index in [9.17, 15) is 28.8 Å². The van der Waals surface area contributed by atoms with Crippen LogP contribution in [-0.4, -0.2) is 38.5 Å². The van der Waals surface area contributed by atoms with Gasteiger partial charge in [0.1, 0.15) is 0 Å². The maximum absolute atomic E-state index is 14.5. The number of primary amides is 2. The van der Waals surface area contributed by atoms with Crippen molar-refractivity contribution in [2.75, 3.05) is 0 Å². The molecule has 5 aromatic carbocycles. The Balaban J connectivity index is 1.17. The van der Waals surface area contributed by atoms with Crippen molar-refractivity contribution in [2.24, 2.45) is 17.4 Å². The summed E-state index contributed by atoms with van der Waals surface area (Å²) in [5.74, 6) is -2.65. The molecule has 11 heteroatoms. The van der Waals surface area contributed by atoms with Crippen LogP contribution < -0.4 is 22.6 Å². The quantitative estimate of drug-likeness (QED) is 0.0236. The molecule has 0 aliphatic heterocycles. The predicted octanol–water partition coefficient (Wildman–Crippen LogP) is 9.64. The molecule has 59 heavy (non-hydrogen) atoms. The number of hydrogen-bond acceptors (Lipinski definition) is 6. The summed E-state index contributed by atoms with van der Waals surface area (Å²) in [5.41, 5.74) is 10.7. The van der Waals surface area contributed by atoms with Crippen molar-refractivity contribution in [3.63, 3.8) is 0 Å². The van der Waals surface area contributed by atoms with Crippen molar-refractivity contribution in [2.45, 2.75) is 135 Å². The summed E-state index contributed by atoms with van der Waals surface area (Å²) in [6.07, 6.45) is 18.3. The second-order valence-electron chi connectivity index (χ2n) is 16.4. The molecule has 312 valence electrons. The first-order valence-electron chi connectivity index (χ1n) is 21.6. The molecule has 0 fully saturated rings. The Bertz CT molecular complexity index is 2570. The van der Waals surface area contributed by atoms with Gasteiger partial charge in [0.05, 0.1) is 16.3 Å². The van der Waals surface area contributed by atoms with Crippen LogP contribution in [0.1, 0.15) is 149 Å². The van der Waals surface area contributed by atoms with Gasteiger partial charge in [-0.25, -0.2) is 0 Å². The molecule has 1 aromatic heterocycles. The van der Waals surface area contributed by atoms with E-state index >= 15 is 0 Å². The average Bonchev–Trinajstić information content (AvgIpc) is 3.44. The number of benzene rings is 5. The Morgan fingerprint density at radius 2 is 0.966 bits per heavy atom. The van der Waals surface area contributed by atoms with E-state index in [1.54, 1.807) is 12.1 Å². The van der Waals surface area contributed by atoms with Crippen LogP contribution in [0.15, 0.2) is 58.1 Å². The zero-order chi connectivity index (χ0) is 42.1. The molecule has 0 radical (unpaired) electrons. The summed E-state index contributed by atoms with van der Waals surface area (Å²) < 4.78 is 1.23. The van der Waals surface area contributed by atoms with Gasteiger partial charge in [0, 0.05) is 35.7 Å². The molecular weight excluding hydrogens is 747 g/mol. The van der Waals surface area contributed by atoms with E-state index < -0.39 is 34.9 Å². The minimum atomic E-state index is -0.911. The molecule has 0 saturated carbocycles. The van der Waals surface area contributed by atoms with E-state index in [-0.39, 0.29) is 46.7 Å². The standard InChI is InChI=1S/C48H57N3O8/c49-45(56)35-28-27-33-32-23-16-21-31-22-17-24-34(38(31)32)40-39(33)41(35)42(46(50)57)44-43(40)47(58)51(48(44)59)29-15-9-12-20-30(19-11-8-14-26-37(54)55)18-10-6-4-2-1-3-5-7-13-25-36(52)53/h16-17,21-24,27-28,30H,1-15,18-20,25-26,29H2,(H2,49,56)(H2,50,57)(H,52,53)(H,54,55). The van der Waals surface area contributed by atoms with E-state index in [1.807, 2.05) is 36.4 Å². The van der Waals surface area contributed by atoms with Gasteiger partial charge in [-0.3, -0.25) is 33.3 Å². The molecule has 11 nitrogen and oxygen atoms in total. The fraction of sp³-hybridized carbons (Fsp3) is 0.458. The lowest BCUT2D eigenvalue weighted by atomic mass is 9.84. The zero-order valence-corrected chi connectivity index (χ0v) is 34.0. The third-order valence-electron chi connectivity index (χ3n) is 12.3. The minimum Gasteiger partial charge on any atom is -0.481 e. The van der Waals surface area contributed by atoms with Crippen molar-refractivity contribution >= 4 is 77.6 Å². The number of rotatable bonds is 26. The molecule has 1 unspecified atom stereocenters. The second-order valence-corrected chi connectivity index (χ2v) is 16.4. The molecule has 0 saturated heterocycles. The van der Waals surface area contributed by atoms with Gasteiger partial charge in [-0.2, -0.15) is 0 Å². The molecular formula is C48H57N3O8. The molecule has 0 spiro atoms. The number of carboxylic acid groups (broad SMARTS) is 2. The van der Waals surface area contributed by atoms with Crippen LogP contribution in [0.4, 0.5) is 0 Å². The molecule has 1 heterocycles. The third-order valence-corrected chi connectivity index (χ3v) is 12.3. The van der Waals surface area contributed by atoms with Gasteiger partial charge in [0.25, 0.3) is 11.1 Å². The fourth-order valence-corrected chi connectivity index (χ4v) is 9.48. The first-order chi connectivity index (χ1) is 28.5. The average molecular weight is 804 g/mol. The smallest absolute Gasteiger partial charge is 0.303 e. The summed E-state index contributed by atoms with van der Waals surface area (Å²) in [6, 6.07) is 15.0. The first-order valence-corrected chi connectivity index (χ1v) is 21.6. The number of nitrogens with zero attached hydrogens (tertiary/aromatic N) is 1. The summed E-state index contributed by atoms with van der Waals surface area (Å²) in [4.78, 5) is 76.7. The molecule has 2 amide bonds. The molecule has 6 aromatic rings. The molecule has 6 N–H and O–H groups in total. The molecule has 0 bridgehead atoms. The van der Waals surface area contributed by atoms with Gasteiger partial charge >= 0.3 is 11.9 Å². The maximum atomic E-state index is 14.5. The highest BCUT2D eigenvalue weighted by molar-refractivity contribution is 6.42. The number of fused-ring (bicyclic) bond motifs is 4. The maximum Gasteiger partial charge on any atom is 0.303 e. The van der Waals surface area contributed by atoms with E-state index in [0.29, 0.717) is 29.5 Å². The Kier molecular flexibility index (Phi) is 14.5. The molecule has 1 atom stereocenters. The summed E-state index contributed by atoms with van der Waals surface area (Å²) >= 11 is 0. The predicted molar refractivity (Wildman–Crippen MR) is 235 cm³/mol. The summed E-state index contributed by atoms with van der Waals surface area (Å²) in [7, 11) is 0. The number of aromatic nitrogens is 1. The summed E-state index contributed by atoms with van der Waals surface area (Å²) in [6.45, 7) is 0.177. The Labute approximate surface area is 343 Å². The monoisotopic (exact) mass is 803 g/mol. The summed E-state index contributed by atoms with van der Waals surface area (Å²) in [5, 5.41) is 23.4. The minimum absolute atomic E-state index is 0.0602. The van der Waals surface area contributed by atoms with Crippen LogP contribution in [0, 0.1) is 5.92 Å². The SMILES string of the molecule is NC(=O)c1ccc2c3cccc4cccc(c43)c3c4c(=O)n(CCCCCC(CCCCCCCCCCCC(=O)O)CCCCCC(=O)O)c(=O)c4c(C(N)=O)c1c23. The van der Waals surface area contributed by atoms with Gasteiger partial charge < -0.3 is 21.7 Å². The molecule has 6 rings (SSSR count).